The second-order valence-corrected chi connectivity index (χ2v) is 5.53. The number of hydrogen-bond donors (Lipinski definition) is 2. The van der Waals surface area contributed by atoms with Crippen molar-refractivity contribution in [3.8, 4) is 0 Å². The number of carbonyl (C=O) groups is 1. The molecule has 2 N–H and O–H groups in total. The molecule has 1 aliphatic heterocycles. The maximum absolute atomic E-state index is 11.7. The van der Waals surface area contributed by atoms with Crippen molar-refractivity contribution in [1.82, 2.24) is 10.6 Å². The predicted octanol–water partition coefficient (Wildman–Crippen LogP) is 1.68. The topological polar surface area (TPSA) is 41.1 Å². The number of carbonyl (C=O) groups excluding carboxylic acids is 1. The van der Waals surface area contributed by atoms with E-state index in [0.29, 0.717) is 12.0 Å². The summed E-state index contributed by atoms with van der Waals surface area (Å²) in [5, 5.41) is 6.52. The Morgan fingerprint density at radius 3 is 2.75 bits per heavy atom. The molecule has 1 saturated heterocycles. The molecule has 4 atom stereocenters. The predicted molar refractivity (Wildman–Crippen MR) is 65.1 cm³/mol. The Labute approximate surface area is 98.4 Å². The van der Waals surface area contributed by atoms with Gasteiger partial charge in [-0.3, -0.25) is 4.79 Å². The van der Waals surface area contributed by atoms with Gasteiger partial charge in [-0.25, -0.2) is 0 Å². The van der Waals surface area contributed by atoms with Crippen LogP contribution >= 0.6 is 0 Å². The number of rotatable bonds is 2. The smallest absolute Gasteiger partial charge is 0.237 e. The van der Waals surface area contributed by atoms with Crippen molar-refractivity contribution in [2.45, 2.75) is 58.0 Å². The first-order valence-electron chi connectivity index (χ1n) is 6.72. The monoisotopic (exact) mass is 224 g/mol. The van der Waals surface area contributed by atoms with Gasteiger partial charge in [0.2, 0.25) is 5.91 Å². The molecule has 0 bridgehead atoms. The standard InChI is InChI=1S/C13H24N2O/c1-9-5-3-6-11(10(9)2)15-12-7-4-8-14-13(12)16/h9-12,15H,3-8H2,1-2H3,(H,14,16). The van der Waals surface area contributed by atoms with Gasteiger partial charge in [0.15, 0.2) is 0 Å². The van der Waals surface area contributed by atoms with Crippen LogP contribution in [0, 0.1) is 11.8 Å². The summed E-state index contributed by atoms with van der Waals surface area (Å²) in [5.41, 5.74) is 0. The summed E-state index contributed by atoms with van der Waals surface area (Å²) in [6, 6.07) is 0.601. The van der Waals surface area contributed by atoms with Crippen LogP contribution in [-0.2, 0) is 4.79 Å². The third-order valence-electron chi connectivity index (χ3n) is 4.41. The lowest BCUT2D eigenvalue weighted by atomic mass is 9.77. The van der Waals surface area contributed by atoms with Gasteiger partial charge in [-0.05, 0) is 31.1 Å². The van der Waals surface area contributed by atoms with Crippen molar-refractivity contribution in [2.24, 2.45) is 11.8 Å². The van der Waals surface area contributed by atoms with Crippen LogP contribution in [-0.4, -0.2) is 24.5 Å². The Bertz CT molecular complexity index is 254. The van der Waals surface area contributed by atoms with E-state index >= 15 is 0 Å². The lowest BCUT2D eigenvalue weighted by molar-refractivity contribution is -0.125. The normalized spacial score (nSPS) is 40.5. The summed E-state index contributed by atoms with van der Waals surface area (Å²) in [4.78, 5) is 11.7. The number of amides is 1. The van der Waals surface area contributed by atoms with Crippen LogP contribution in [0.5, 0.6) is 0 Å². The number of piperidine rings is 1. The third kappa shape index (κ3) is 2.57. The van der Waals surface area contributed by atoms with Crippen molar-refractivity contribution >= 4 is 5.91 Å². The van der Waals surface area contributed by atoms with Crippen molar-refractivity contribution in [2.75, 3.05) is 6.54 Å². The van der Waals surface area contributed by atoms with Crippen LogP contribution in [0.25, 0.3) is 0 Å². The molecule has 0 aromatic carbocycles. The van der Waals surface area contributed by atoms with Crippen LogP contribution in [0.2, 0.25) is 0 Å². The van der Waals surface area contributed by atoms with Gasteiger partial charge in [0.05, 0.1) is 6.04 Å². The average Bonchev–Trinajstić information content (AvgIpc) is 2.28. The molecule has 0 spiro atoms. The Morgan fingerprint density at radius 2 is 2.00 bits per heavy atom. The molecule has 4 unspecified atom stereocenters. The van der Waals surface area contributed by atoms with Crippen molar-refractivity contribution < 1.29 is 4.79 Å². The highest BCUT2D eigenvalue weighted by Gasteiger charge is 2.31. The zero-order valence-electron chi connectivity index (χ0n) is 10.5. The van der Waals surface area contributed by atoms with Crippen molar-refractivity contribution in [1.29, 1.82) is 0 Å². The number of nitrogens with one attached hydrogen (secondary N) is 2. The first-order valence-corrected chi connectivity index (χ1v) is 6.72. The van der Waals surface area contributed by atoms with E-state index in [0.717, 1.165) is 25.3 Å². The van der Waals surface area contributed by atoms with E-state index in [1.807, 2.05) is 0 Å². The first kappa shape index (κ1) is 11.9. The van der Waals surface area contributed by atoms with Crippen LogP contribution in [0.4, 0.5) is 0 Å². The maximum atomic E-state index is 11.7. The highest BCUT2D eigenvalue weighted by molar-refractivity contribution is 5.82. The summed E-state index contributed by atoms with van der Waals surface area (Å²) >= 11 is 0. The molecule has 2 fully saturated rings. The molecule has 16 heavy (non-hydrogen) atoms. The van der Waals surface area contributed by atoms with E-state index < -0.39 is 0 Å². The molecule has 1 heterocycles. The lowest BCUT2D eigenvalue weighted by Gasteiger charge is -2.37. The highest BCUT2D eigenvalue weighted by Crippen LogP contribution is 2.30. The first-order chi connectivity index (χ1) is 7.68. The Hall–Kier alpha value is -0.570. The molecule has 3 nitrogen and oxygen atoms in total. The summed E-state index contributed by atoms with van der Waals surface area (Å²) in [6.07, 6.45) is 5.99. The van der Waals surface area contributed by atoms with Gasteiger partial charge in [0, 0.05) is 12.6 Å². The van der Waals surface area contributed by atoms with Gasteiger partial charge in [-0.15, -0.1) is 0 Å². The fourth-order valence-electron chi connectivity index (χ4n) is 3.01. The summed E-state index contributed by atoms with van der Waals surface area (Å²) in [6.45, 7) is 5.51. The Kier molecular flexibility index (Phi) is 3.85. The quantitative estimate of drug-likeness (QED) is 0.749. The second kappa shape index (κ2) is 5.17. The molecule has 1 saturated carbocycles. The fourth-order valence-corrected chi connectivity index (χ4v) is 3.01. The maximum Gasteiger partial charge on any atom is 0.237 e. The molecule has 3 heteroatoms. The van der Waals surface area contributed by atoms with E-state index in [4.69, 9.17) is 0 Å². The summed E-state index contributed by atoms with van der Waals surface area (Å²) in [7, 11) is 0. The van der Waals surface area contributed by atoms with E-state index in [9.17, 15) is 4.79 Å². The van der Waals surface area contributed by atoms with E-state index in [1.54, 1.807) is 0 Å². The third-order valence-corrected chi connectivity index (χ3v) is 4.41. The van der Waals surface area contributed by atoms with Gasteiger partial charge >= 0.3 is 0 Å². The van der Waals surface area contributed by atoms with E-state index in [2.05, 4.69) is 24.5 Å². The van der Waals surface area contributed by atoms with Gasteiger partial charge < -0.3 is 10.6 Å². The fraction of sp³-hybridized carbons (Fsp3) is 0.923. The largest absolute Gasteiger partial charge is 0.355 e. The molecule has 0 aromatic rings. The molecule has 0 aromatic heterocycles. The van der Waals surface area contributed by atoms with Crippen LogP contribution in [0.15, 0.2) is 0 Å². The van der Waals surface area contributed by atoms with Crippen molar-refractivity contribution in [3.05, 3.63) is 0 Å². The van der Waals surface area contributed by atoms with Gasteiger partial charge in [0.25, 0.3) is 0 Å². The average molecular weight is 224 g/mol. The molecule has 2 rings (SSSR count). The zero-order valence-corrected chi connectivity index (χ0v) is 10.5. The Morgan fingerprint density at radius 1 is 1.19 bits per heavy atom. The summed E-state index contributed by atoms with van der Waals surface area (Å²) < 4.78 is 0. The van der Waals surface area contributed by atoms with Crippen LogP contribution in [0.1, 0.15) is 46.0 Å². The van der Waals surface area contributed by atoms with Gasteiger partial charge in [-0.1, -0.05) is 26.7 Å². The molecular formula is C13H24N2O. The molecule has 0 radical (unpaired) electrons. The molecular weight excluding hydrogens is 200 g/mol. The van der Waals surface area contributed by atoms with Crippen LogP contribution in [0.3, 0.4) is 0 Å². The van der Waals surface area contributed by atoms with Gasteiger partial charge in [0.1, 0.15) is 0 Å². The Balaban J connectivity index is 1.90. The minimum absolute atomic E-state index is 0.0616. The second-order valence-electron chi connectivity index (χ2n) is 5.53. The molecule has 1 amide bonds. The lowest BCUT2D eigenvalue weighted by Crippen LogP contribution is -2.54. The SMILES string of the molecule is CC1CCCC(NC2CCCNC2=O)C1C. The number of hydrogen-bond acceptors (Lipinski definition) is 2. The summed E-state index contributed by atoms with van der Waals surface area (Å²) in [5.74, 6) is 1.69. The molecule has 92 valence electrons. The highest BCUT2D eigenvalue weighted by atomic mass is 16.2. The minimum atomic E-state index is 0.0616. The van der Waals surface area contributed by atoms with E-state index in [1.165, 1.54) is 19.3 Å². The van der Waals surface area contributed by atoms with Crippen LogP contribution < -0.4 is 10.6 Å². The van der Waals surface area contributed by atoms with Crippen molar-refractivity contribution in [3.63, 3.8) is 0 Å². The minimum Gasteiger partial charge on any atom is -0.355 e. The molecule has 1 aliphatic carbocycles. The van der Waals surface area contributed by atoms with E-state index in [-0.39, 0.29) is 11.9 Å². The van der Waals surface area contributed by atoms with Gasteiger partial charge in [-0.2, -0.15) is 0 Å². The molecule has 2 aliphatic rings. The zero-order chi connectivity index (χ0) is 11.5.